The predicted molar refractivity (Wildman–Crippen MR) is 109 cm³/mol. The van der Waals surface area contributed by atoms with Crippen molar-refractivity contribution in [2.24, 2.45) is 0 Å². The summed E-state index contributed by atoms with van der Waals surface area (Å²) >= 11 is 0. The van der Waals surface area contributed by atoms with Crippen molar-refractivity contribution in [3.8, 4) is 11.5 Å². The van der Waals surface area contributed by atoms with Gasteiger partial charge in [0.05, 0.1) is 5.69 Å². The smallest absolute Gasteiger partial charge is 0.273 e. The summed E-state index contributed by atoms with van der Waals surface area (Å²) in [6, 6.07) is 20.3. The average molecular weight is 372 g/mol. The standard InChI is InChI=1S/C23H21N3O2/c1-14-4-3-5-20(24-14)26-21(16-8-11-18(27)12-9-16)19-13-10-17-7-6-15(2)25-22(17)23(19)28/h3-13,21,27-28H,1-2H3,(H,24,26)/p+1/t21-/m1/s1. The molecule has 4 aromatic rings. The molecule has 0 unspecified atom stereocenters. The van der Waals surface area contributed by atoms with Crippen LogP contribution in [0.5, 0.6) is 11.5 Å². The Kier molecular flexibility index (Phi) is 4.57. The Morgan fingerprint density at radius 2 is 1.64 bits per heavy atom. The first kappa shape index (κ1) is 17.8. The molecule has 140 valence electrons. The zero-order valence-electron chi connectivity index (χ0n) is 15.8. The number of rotatable bonds is 4. The Balaban J connectivity index is 1.86. The van der Waals surface area contributed by atoms with E-state index in [1.807, 2.05) is 68.4 Å². The zero-order chi connectivity index (χ0) is 19.7. The maximum Gasteiger partial charge on any atom is 0.273 e. The lowest BCUT2D eigenvalue weighted by molar-refractivity contribution is -0.371. The van der Waals surface area contributed by atoms with E-state index < -0.39 is 0 Å². The molecule has 2 heterocycles. The first-order chi connectivity index (χ1) is 13.5. The van der Waals surface area contributed by atoms with Crippen LogP contribution >= 0.6 is 0 Å². The second-order valence-electron chi connectivity index (χ2n) is 6.94. The third-order valence-electron chi connectivity index (χ3n) is 4.78. The molecule has 0 aliphatic rings. The number of aryl methyl sites for hydroxylation is 2. The molecule has 4 N–H and O–H groups in total. The van der Waals surface area contributed by atoms with Crippen LogP contribution in [-0.4, -0.2) is 15.2 Å². The second-order valence-corrected chi connectivity index (χ2v) is 6.94. The fourth-order valence-corrected chi connectivity index (χ4v) is 3.35. The Bertz CT molecular complexity index is 1140. The molecule has 2 aromatic heterocycles. The van der Waals surface area contributed by atoms with Gasteiger partial charge in [-0.05, 0) is 44.2 Å². The summed E-state index contributed by atoms with van der Waals surface area (Å²) in [4.78, 5) is 7.82. The first-order valence-corrected chi connectivity index (χ1v) is 9.15. The van der Waals surface area contributed by atoms with Gasteiger partial charge in [-0.1, -0.05) is 30.3 Å². The number of phenols is 2. The van der Waals surface area contributed by atoms with E-state index in [1.165, 1.54) is 0 Å². The van der Waals surface area contributed by atoms with Crippen LogP contribution in [0.15, 0.2) is 66.7 Å². The number of anilines is 1. The highest BCUT2D eigenvalue weighted by Gasteiger charge is 2.24. The summed E-state index contributed by atoms with van der Waals surface area (Å²) in [5.74, 6) is 1.18. The molecule has 5 heteroatoms. The van der Waals surface area contributed by atoms with E-state index in [9.17, 15) is 10.2 Å². The number of benzene rings is 2. The van der Waals surface area contributed by atoms with Gasteiger partial charge in [0.25, 0.3) is 5.82 Å². The van der Waals surface area contributed by atoms with Gasteiger partial charge >= 0.3 is 0 Å². The van der Waals surface area contributed by atoms with E-state index >= 15 is 0 Å². The average Bonchev–Trinajstić information content (AvgIpc) is 2.68. The highest BCUT2D eigenvalue weighted by atomic mass is 16.3. The number of fused-ring (bicyclic) bond motifs is 1. The van der Waals surface area contributed by atoms with E-state index in [0.29, 0.717) is 11.1 Å². The number of hydrogen-bond donors (Lipinski definition) is 3. The van der Waals surface area contributed by atoms with Gasteiger partial charge in [0.2, 0.25) is 0 Å². The summed E-state index contributed by atoms with van der Waals surface area (Å²) in [6.07, 6.45) is 0. The number of nitrogens with zero attached hydrogens (tertiary/aromatic N) is 1. The van der Waals surface area contributed by atoms with Gasteiger partial charge in [0.1, 0.15) is 23.1 Å². The van der Waals surface area contributed by atoms with Crippen molar-refractivity contribution < 1.29 is 15.2 Å². The third-order valence-corrected chi connectivity index (χ3v) is 4.78. The maximum absolute atomic E-state index is 11.0. The molecule has 2 aromatic carbocycles. The van der Waals surface area contributed by atoms with Crippen molar-refractivity contribution in [2.75, 3.05) is 5.32 Å². The molecule has 0 radical (unpaired) electrons. The summed E-state index contributed by atoms with van der Waals surface area (Å²) in [7, 11) is 0. The number of aromatic amines is 1. The number of H-pyrrole nitrogens is 1. The van der Waals surface area contributed by atoms with Crippen LogP contribution in [0.1, 0.15) is 28.6 Å². The molecule has 0 saturated carbocycles. The quantitative estimate of drug-likeness (QED) is 0.500. The molecule has 0 saturated heterocycles. The topological polar surface area (TPSA) is 79.5 Å². The third kappa shape index (κ3) is 3.47. The van der Waals surface area contributed by atoms with E-state index in [0.717, 1.165) is 28.2 Å². The molecule has 1 atom stereocenters. The number of nitrogens with one attached hydrogen (secondary N) is 2. The van der Waals surface area contributed by atoms with Crippen molar-refractivity contribution in [1.82, 2.24) is 4.98 Å². The van der Waals surface area contributed by atoms with Crippen LogP contribution in [0.25, 0.3) is 10.9 Å². The van der Waals surface area contributed by atoms with Crippen LogP contribution in [0.3, 0.4) is 0 Å². The van der Waals surface area contributed by atoms with Gasteiger partial charge in [-0.25, -0.2) is 9.97 Å². The number of phenolic OH excluding ortho intramolecular Hbond substituents is 2. The van der Waals surface area contributed by atoms with Crippen LogP contribution in [-0.2, 0) is 0 Å². The highest BCUT2D eigenvalue weighted by molar-refractivity contribution is 5.86. The molecule has 28 heavy (non-hydrogen) atoms. The predicted octanol–water partition coefficient (Wildman–Crippen LogP) is 4.28. The zero-order valence-corrected chi connectivity index (χ0v) is 15.8. The van der Waals surface area contributed by atoms with Crippen molar-refractivity contribution in [3.05, 3.63) is 89.2 Å². The lowest BCUT2D eigenvalue weighted by Gasteiger charge is -2.18. The second kappa shape index (κ2) is 7.19. The van der Waals surface area contributed by atoms with Crippen LogP contribution in [0, 0.1) is 13.8 Å². The Labute approximate surface area is 163 Å². The fourth-order valence-electron chi connectivity index (χ4n) is 3.35. The molecule has 0 aliphatic heterocycles. The molecule has 0 fully saturated rings. The fraction of sp³-hybridized carbons (Fsp3) is 0.130. The van der Waals surface area contributed by atoms with Gasteiger partial charge in [0, 0.05) is 28.3 Å². The number of pyridine rings is 2. The van der Waals surface area contributed by atoms with Gasteiger partial charge in [-0.15, -0.1) is 0 Å². The molecule has 0 amide bonds. The van der Waals surface area contributed by atoms with Crippen LogP contribution < -0.4 is 10.3 Å². The summed E-state index contributed by atoms with van der Waals surface area (Å²) in [5, 5.41) is 25.1. The number of hydrogen-bond acceptors (Lipinski definition) is 4. The van der Waals surface area contributed by atoms with Gasteiger partial charge in [-0.3, -0.25) is 5.32 Å². The monoisotopic (exact) mass is 372 g/mol. The molecule has 0 bridgehead atoms. The van der Waals surface area contributed by atoms with Crippen molar-refractivity contribution >= 4 is 16.7 Å². The molecular formula is C23H22N3O2+. The molecule has 4 rings (SSSR count). The van der Waals surface area contributed by atoms with Gasteiger partial charge in [0.15, 0.2) is 0 Å². The van der Waals surface area contributed by atoms with Gasteiger partial charge < -0.3 is 10.2 Å². The molecule has 5 nitrogen and oxygen atoms in total. The van der Waals surface area contributed by atoms with Crippen LogP contribution in [0.4, 0.5) is 5.82 Å². The van der Waals surface area contributed by atoms with Crippen LogP contribution in [0.2, 0.25) is 0 Å². The minimum Gasteiger partial charge on any atom is -0.508 e. The van der Waals surface area contributed by atoms with Crippen molar-refractivity contribution in [1.29, 1.82) is 0 Å². The highest BCUT2D eigenvalue weighted by Crippen LogP contribution is 2.36. The maximum atomic E-state index is 11.0. The Morgan fingerprint density at radius 3 is 2.39 bits per heavy atom. The SMILES string of the molecule is Cc1ccc2ccc([C@H](Nc3cccc(C)[nH+]3)c3ccc(O)cc3)c(O)c2n1. The van der Waals surface area contributed by atoms with Crippen molar-refractivity contribution in [2.45, 2.75) is 19.9 Å². The van der Waals surface area contributed by atoms with E-state index in [-0.39, 0.29) is 17.5 Å². The lowest BCUT2D eigenvalue weighted by atomic mass is 9.96. The van der Waals surface area contributed by atoms with Gasteiger partial charge in [-0.2, -0.15) is 0 Å². The normalized spacial score (nSPS) is 12.1. The summed E-state index contributed by atoms with van der Waals surface area (Å²) in [5.41, 5.74) is 4.08. The minimum atomic E-state index is -0.328. The molecule has 0 spiro atoms. The summed E-state index contributed by atoms with van der Waals surface area (Å²) in [6.45, 7) is 3.89. The van der Waals surface area contributed by atoms with Crippen molar-refractivity contribution in [3.63, 3.8) is 0 Å². The molecular weight excluding hydrogens is 350 g/mol. The lowest BCUT2D eigenvalue weighted by Crippen LogP contribution is -2.20. The first-order valence-electron chi connectivity index (χ1n) is 9.15. The molecule has 0 aliphatic carbocycles. The summed E-state index contributed by atoms with van der Waals surface area (Å²) < 4.78 is 0. The van der Waals surface area contributed by atoms with E-state index in [2.05, 4.69) is 15.3 Å². The Morgan fingerprint density at radius 1 is 0.893 bits per heavy atom. The largest absolute Gasteiger partial charge is 0.508 e. The van der Waals surface area contributed by atoms with E-state index in [4.69, 9.17) is 0 Å². The number of aromatic nitrogens is 2. The number of aromatic hydroxyl groups is 2. The minimum absolute atomic E-state index is 0.152. The Hall–Kier alpha value is -3.60. The van der Waals surface area contributed by atoms with E-state index in [1.54, 1.807) is 12.1 Å².